The Morgan fingerprint density at radius 3 is 2.91 bits per heavy atom. The summed E-state index contributed by atoms with van der Waals surface area (Å²) in [6.45, 7) is 5.46. The van der Waals surface area contributed by atoms with Crippen molar-refractivity contribution in [1.29, 1.82) is 0 Å². The van der Waals surface area contributed by atoms with E-state index in [-0.39, 0.29) is 18.1 Å². The van der Waals surface area contributed by atoms with Crippen LogP contribution in [0.5, 0.6) is 0 Å². The van der Waals surface area contributed by atoms with Gasteiger partial charge in [-0.2, -0.15) is 0 Å². The lowest BCUT2D eigenvalue weighted by molar-refractivity contribution is -0.116. The Kier molecular flexibility index (Phi) is 5.34. The molecule has 23 heavy (non-hydrogen) atoms. The molecule has 1 aliphatic heterocycles. The molecule has 5 nitrogen and oxygen atoms in total. The maximum absolute atomic E-state index is 11.9. The molecule has 0 aromatic carbocycles. The average molecular weight is 337 g/mol. The third kappa shape index (κ3) is 3.92. The van der Waals surface area contributed by atoms with E-state index < -0.39 is 0 Å². The molecule has 2 aliphatic rings. The zero-order chi connectivity index (χ0) is 16.4. The topological polar surface area (TPSA) is 56.7 Å². The van der Waals surface area contributed by atoms with Crippen molar-refractivity contribution < 1.29 is 9.90 Å². The van der Waals surface area contributed by atoms with Gasteiger partial charge in [-0.05, 0) is 38.6 Å². The first-order valence-electron chi connectivity index (χ1n) is 8.76. The monoisotopic (exact) mass is 337 g/mol. The van der Waals surface area contributed by atoms with E-state index in [1.165, 1.54) is 12.8 Å². The van der Waals surface area contributed by atoms with Crippen LogP contribution in [0.25, 0.3) is 0 Å². The number of rotatable bonds is 6. The number of carbonyl (C=O) groups excluding carboxylic acids is 1. The SMILES string of the molecule is CCC(O)C1CCCCN1Cc1csc(N(C(C)=O)C2CC2)n1. The van der Waals surface area contributed by atoms with Gasteiger partial charge >= 0.3 is 0 Å². The first-order valence-corrected chi connectivity index (χ1v) is 9.64. The molecule has 1 amide bonds. The molecular weight excluding hydrogens is 310 g/mol. The van der Waals surface area contributed by atoms with E-state index in [9.17, 15) is 9.90 Å². The summed E-state index contributed by atoms with van der Waals surface area (Å²) in [5.41, 5.74) is 1.02. The number of amides is 1. The second-order valence-corrected chi connectivity index (χ2v) is 7.59. The fraction of sp³-hybridized carbons (Fsp3) is 0.765. The summed E-state index contributed by atoms with van der Waals surface area (Å²) in [5.74, 6) is 0.0886. The predicted molar refractivity (Wildman–Crippen MR) is 92.6 cm³/mol. The quantitative estimate of drug-likeness (QED) is 0.867. The molecule has 6 heteroatoms. The number of aliphatic hydroxyl groups is 1. The van der Waals surface area contributed by atoms with Crippen LogP contribution in [0.15, 0.2) is 5.38 Å². The molecule has 1 aromatic rings. The van der Waals surface area contributed by atoms with Gasteiger partial charge in [-0.1, -0.05) is 13.3 Å². The minimum atomic E-state index is -0.256. The molecule has 128 valence electrons. The summed E-state index contributed by atoms with van der Waals surface area (Å²) >= 11 is 1.56. The summed E-state index contributed by atoms with van der Waals surface area (Å²) in [6.07, 6.45) is 6.16. The zero-order valence-corrected chi connectivity index (χ0v) is 14.9. The highest BCUT2D eigenvalue weighted by Gasteiger charge is 2.34. The van der Waals surface area contributed by atoms with Gasteiger partial charge in [-0.3, -0.25) is 14.6 Å². The van der Waals surface area contributed by atoms with Crippen LogP contribution >= 0.6 is 11.3 Å². The van der Waals surface area contributed by atoms with Gasteiger partial charge in [0.05, 0.1) is 11.8 Å². The Bertz CT molecular complexity index is 544. The minimum absolute atomic E-state index is 0.0886. The minimum Gasteiger partial charge on any atom is -0.392 e. The van der Waals surface area contributed by atoms with Crippen LogP contribution in [0.2, 0.25) is 0 Å². The smallest absolute Gasteiger partial charge is 0.225 e. The average Bonchev–Trinajstić information content (AvgIpc) is 3.26. The van der Waals surface area contributed by atoms with E-state index in [4.69, 9.17) is 4.98 Å². The second-order valence-electron chi connectivity index (χ2n) is 6.75. The highest BCUT2D eigenvalue weighted by Crippen LogP contribution is 2.34. The van der Waals surface area contributed by atoms with E-state index in [0.29, 0.717) is 6.04 Å². The lowest BCUT2D eigenvalue weighted by Crippen LogP contribution is -2.46. The number of aliphatic hydroxyl groups excluding tert-OH is 1. The van der Waals surface area contributed by atoms with Crippen LogP contribution in [-0.4, -0.2) is 45.6 Å². The Morgan fingerprint density at radius 2 is 2.26 bits per heavy atom. The first kappa shape index (κ1) is 16.9. The standard InChI is InChI=1S/C17H27N3O2S/c1-3-16(22)15-6-4-5-9-19(15)10-13-11-23-17(18-13)20(12(2)21)14-7-8-14/h11,14-16,22H,3-10H2,1-2H3. The van der Waals surface area contributed by atoms with Gasteiger partial charge < -0.3 is 5.11 Å². The second kappa shape index (κ2) is 7.28. The number of likely N-dealkylation sites (tertiary alicyclic amines) is 1. The summed E-state index contributed by atoms with van der Waals surface area (Å²) in [4.78, 5) is 20.8. The molecule has 2 unspecified atom stereocenters. The summed E-state index contributed by atoms with van der Waals surface area (Å²) in [5, 5.41) is 13.2. The van der Waals surface area contributed by atoms with Gasteiger partial charge in [-0.15, -0.1) is 11.3 Å². The largest absolute Gasteiger partial charge is 0.392 e. The Labute approximate surface area is 142 Å². The van der Waals surface area contributed by atoms with Crippen molar-refractivity contribution in [2.45, 2.75) is 77.1 Å². The van der Waals surface area contributed by atoms with Gasteiger partial charge in [-0.25, -0.2) is 4.98 Å². The van der Waals surface area contributed by atoms with Crippen molar-refractivity contribution in [3.05, 3.63) is 11.1 Å². The zero-order valence-electron chi connectivity index (χ0n) is 14.1. The molecule has 2 fully saturated rings. The molecule has 1 aromatic heterocycles. The van der Waals surface area contributed by atoms with Crippen molar-refractivity contribution in [2.75, 3.05) is 11.4 Å². The molecule has 0 spiro atoms. The van der Waals surface area contributed by atoms with Gasteiger partial charge in [0.2, 0.25) is 5.91 Å². The number of piperidine rings is 1. The van der Waals surface area contributed by atoms with Crippen molar-refractivity contribution in [3.8, 4) is 0 Å². The van der Waals surface area contributed by atoms with E-state index in [1.54, 1.807) is 18.3 Å². The molecule has 1 aliphatic carbocycles. The van der Waals surface area contributed by atoms with Gasteiger partial charge in [0.15, 0.2) is 5.13 Å². The highest BCUT2D eigenvalue weighted by molar-refractivity contribution is 7.14. The van der Waals surface area contributed by atoms with E-state index in [1.807, 2.05) is 11.8 Å². The van der Waals surface area contributed by atoms with Crippen molar-refractivity contribution in [2.24, 2.45) is 0 Å². The molecule has 1 saturated carbocycles. The third-order valence-electron chi connectivity index (χ3n) is 4.89. The lowest BCUT2D eigenvalue weighted by atomic mass is 9.96. The summed E-state index contributed by atoms with van der Waals surface area (Å²) in [7, 11) is 0. The van der Waals surface area contributed by atoms with Crippen molar-refractivity contribution in [3.63, 3.8) is 0 Å². The number of aromatic nitrogens is 1. The number of carbonyl (C=O) groups is 1. The van der Waals surface area contributed by atoms with Crippen LogP contribution < -0.4 is 4.90 Å². The van der Waals surface area contributed by atoms with Crippen LogP contribution in [0.4, 0.5) is 5.13 Å². The fourth-order valence-corrected chi connectivity index (χ4v) is 4.42. The van der Waals surface area contributed by atoms with Crippen LogP contribution in [0, 0.1) is 0 Å². The van der Waals surface area contributed by atoms with Crippen LogP contribution in [0.3, 0.4) is 0 Å². The predicted octanol–water partition coefficient (Wildman–Crippen LogP) is 2.78. The van der Waals surface area contributed by atoms with E-state index in [0.717, 1.165) is 49.6 Å². The summed E-state index contributed by atoms with van der Waals surface area (Å²) < 4.78 is 0. The Balaban J connectivity index is 1.69. The maximum atomic E-state index is 11.9. The van der Waals surface area contributed by atoms with Crippen LogP contribution in [-0.2, 0) is 11.3 Å². The molecule has 2 atom stereocenters. The van der Waals surface area contributed by atoms with Gasteiger partial charge in [0.1, 0.15) is 0 Å². The molecule has 2 heterocycles. The fourth-order valence-electron chi connectivity index (χ4n) is 3.49. The number of thiazole rings is 1. The maximum Gasteiger partial charge on any atom is 0.225 e. The molecular formula is C17H27N3O2S. The highest BCUT2D eigenvalue weighted by atomic mass is 32.1. The van der Waals surface area contributed by atoms with Crippen LogP contribution in [0.1, 0.15) is 58.1 Å². The van der Waals surface area contributed by atoms with Gasteiger partial charge in [0, 0.05) is 30.9 Å². The third-order valence-corrected chi connectivity index (χ3v) is 5.78. The normalized spacial score (nSPS) is 23.7. The summed E-state index contributed by atoms with van der Waals surface area (Å²) in [6, 6.07) is 0.599. The molecule has 3 rings (SSSR count). The van der Waals surface area contributed by atoms with Crippen molar-refractivity contribution in [1.82, 2.24) is 9.88 Å². The molecule has 1 saturated heterocycles. The van der Waals surface area contributed by atoms with Gasteiger partial charge in [0.25, 0.3) is 0 Å². The van der Waals surface area contributed by atoms with E-state index in [2.05, 4.69) is 10.3 Å². The number of nitrogens with zero attached hydrogens (tertiary/aromatic N) is 3. The van der Waals surface area contributed by atoms with Crippen molar-refractivity contribution >= 4 is 22.4 Å². The van der Waals surface area contributed by atoms with E-state index >= 15 is 0 Å². The molecule has 0 radical (unpaired) electrons. The Morgan fingerprint density at radius 1 is 1.48 bits per heavy atom. The first-order chi connectivity index (χ1) is 11.1. The number of hydrogen-bond acceptors (Lipinski definition) is 5. The molecule has 1 N–H and O–H groups in total. The number of hydrogen-bond donors (Lipinski definition) is 1. The Hall–Kier alpha value is -0.980. The molecule has 0 bridgehead atoms. The lowest BCUT2D eigenvalue weighted by Gasteiger charge is -2.37. The number of anilines is 1.